The largest absolute Gasteiger partial charge is 0.333 e. The third-order valence-electron chi connectivity index (χ3n) is 3.44. The molecular formula is C15H17F2N3OS. The Morgan fingerprint density at radius 3 is 2.86 bits per heavy atom. The average Bonchev–Trinajstić information content (AvgIpc) is 2.96. The van der Waals surface area contributed by atoms with Gasteiger partial charge >= 0.3 is 0 Å². The number of nitrogens with zero attached hydrogens (tertiary/aromatic N) is 2. The Balaban J connectivity index is 2.20. The second-order valence-corrected chi connectivity index (χ2v) is 5.87. The molecule has 7 heteroatoms. The second kappa shape index (κ2) is 6.93. The molecule has 1 unspecified atom stereocenters. The summed E-state index contributed by atoms with van der Waals surface area (Å²) < 4.78 is 27.1. The zero-order valence-corrected chi connectivity index (χ0v) is 13.2. The lowest BCUT2D eigenvalue weighted by atomic mass is 10.1. The molecule has 118 valence electrons. The molecule has 22 heavy (non-hydrogen) atoms. The summed E-state index contributed by atoms with van der Waals surface area (Å²) >= 11 is 1.36. The van der Waals surface area contributed by atoms with E-state index in [9.17, 15) is 13.6 Å². The Hall–Kier alpha value is -1.86. The quantitative estimate of drug-likeness (QED) is 0.919. The number of carbonyl (C=O) groups is 1. The van der Waals surface area contributed by atoms with Gasteiger partial charge in [0.15, 0.2) is 0 Å². The van der Waals surface area contributed by atoms with Gasteiger partial charge < -0.3 is 10.6 Å². The van der Waals surface area contributed by atoms with Crippen molar-refractivity contribution in [2.45, 2.75) is 19.4 Å². The Bertz CT molecular complexity index is 675. The van der Waals surface area contributed by atoms with Crippen LogP contribution in [0.5, 0.6) is 0 Å². The highest BCUT2D eigenvalue weighted by Crippen LogP contribution is 2.24. The van der Waals surface area contributed by atoms with Crippen molar-refractivity contribution in [3.63, 3.8) is 0 Å². The molecule has 0 bridgehead atoms. The van der Waals surface area contributed by atoms with E-state index >= 15 is 0 Å². The molecule has 0 aliphatic carbocycles. The lowest BCUT2D eigenvalue weighted by Gasteiger charge is -2.25. The Morgan fingerprint density at radius 1 is 1.45 bits per heavy atom. The number of halogens is 2. The molecule has 0 saturated heterocycles. The first kappa shape index (κ1) is 16.5. The molecule has 1 aromatic carbocycles. The Labute approximate surface area is 131 Å². The lowest BCUT2D eigenvalue weighted by molar-refractivity contribution is 0.0735. The normalized spacial score (nSPS) is 12.2. The van der Waals surface area contributed by atoms with E-state index in [0.717, 1.165) is 23.2 Å². The van der Waals surface area contributed by atoms with Gasteiger partial charge in [0.2, 0.25) is 0 Å². The van der Waals surface area contributed by atoms with Crippen molar-refractivity contribution in [1.82, 2.24) is 9.88 Å². The van der Waals surface area contributed by atoms with Crippen LogP contribution in [0.25, 0.3) is 0 Å². The number of carbonyl (C=O) groups excluding carboxylic acids is 1. The van der Waals surface area contributed by atoms with Crippen molar-refractivity contribution >= 4 is 17.2 Å². The molecule has 0 radical (unpaired) electrons. The SMILES string of the molecule is CC(c1cc(F)ccc1F)N(C)C(=O)c1csc(CCN)n1. The topological polar surface area (TPSA) is 59.2 Å². The molecular weight excluding hydrogens is 308 g/mol. The second-order valence-electron chi connectivity index (χ2n) is 4.92. The number of thiazole rings is 1. The van der Waals surface area contributed by atoms with Crippen LogP contribution in [0, 0.1) is 11.6 Å². The van der Waals surface area contributed by atoms with Gasteiger partial charge in [0.25, 0.3) is 5.91 Å². The monoisotopic (exact) mass is 325 g/mol. The van der Waals surface area contributed by atoms with Gasteiger partial charge in [-0.25, -0.2) is 13.8 Å². The zero-order valence-electron chi connectivity index (χ0n) is 12.3. The third kappa shape index (κ3) is 3.48. The first-order chi connectivity index (χ1) is 10.4. The van der Waals surface area contributed by atoms with Gasteiger partial charge in [-0.3, -0.25) is 4.79 Å². The van der Waals surface area contributed by atoms with Crippen LogP contribution in [0.15, 0.2) is 23.6 Å². The van der Waals surface area contributed by atoms with Gasteiger partial charge in [0.1, 0.15) is 17.3 Å². The summed E-state index contributed by atoms with van der Waals surface area (Å²) in [4.78, 5) is 18.0. The number of nitrogens with two attached hydrogens (primary N) is 1. The van der Waals surface area contributed by atoms with Crippen molar-refractivity contribution in [3.8, 4) is 0 Å². The Kier molecular flexibility index (Phi) is 5.20. The van der Waals surface area contributed by atoms with E-state index in [1.807, 2.05) is 0 Å². The number of amides is 1. The predicted octanol–water partition coefficient (Wildman–Crippen LogP) is 2.76. The maximum Gasteiger partial charge on any atom is 0.273 e. The number of aromatic nitrogens is 1. The van der Waals surface area contributed by atoms with Crippen molar-refractivity contribution in [2.24, 2.45) is 5.73 Å². The van der Waals surface area contributed by atoms with E-state index in [2.05, 4.69) is 4.98 Å². The van der Waals surface area contributed by atoms with Crippen molar-refractivity contribution in [2.75, 3.05) is 13.6 Å². The van der Waals surface area contributed by atoms with Gasteiger partial charge in [0, 0.05) is 24.4 Å². The predicted molar refractivity (Wildman–Crippen MR) is 81.7 cm³/mol. The minimum Gasteiger partial charge on any atom is -0.333 e. The molecule has 0 aliphatic rings. The molecule has 2 aromatic rings. The van der Waals surface area contributed by atoms with Gasteiger partial charge in [-0.2, -0.15) is 0 Å². The summed E-state index contributed by atoms with van der Waals surface area (Å²) in [5, 5.41) is 2.43. The number of hydrogen-bond donors (Lipinski definition) is 1. The molecule has 0 fully saturated rings. The summed E-state index contributed by atoms with van der Waals surface area (Å²) in [5.74, 6) is -1.42. The summed E-state index contributed by atoms with van der Waals surface area (Å²) in [6, 6.07) is 2.60. The van der Waals surface area contributed by atoms with Gasteiger partial charge in [-0.15, -0.1) is 11.3 Å². The van der Waals surface area contributed by atoms with Crippen LogP contribution >= 0.6 is 11.3 Å². The standard InChI is InChI=1S/C15H17F2N3OS/c1-9(11-7-10(16)3-4-12(11)17)20(2)15(21)13-8-22-14(19-13)5-6-18/h3-4,7-9H,5-6,18H2,1-2H3. The number of benzene rings is 1. The van der Waals surface area contributed by atoms with Crippen LogP contribution in [0.1, 0.15) is 34.0 Å². The summed E-state index contributed by atoms with van der Waals surface area (Å²) in [6.07, 6.45) is 0.607. The number of rotatable bonds is 5. The first-order valence-electron chi connectivity index (χ1n) is 6.80. The highest BCUT2D eigenvalue weighted by Gasteiger charge is 2.23. The molecule has 0 saturated carbocycles. The summed E-state index contributed by atoms with van der Waals surface area (Å²) in [5.41, 5.74) is 5.88. The lowest BCUT2D eigenvalue weighted by Crippen LogP contribution is -2.30. The molecule has 2 rings (SSSR count). The molecule has 1 amide bonds. The number of hydrogen-bond acceptors (Lipinski definition) is 4. The molecule has 0 spiro atoms. The maximum atomic E-state index is 13.8. The highest BCUT2D eigenvalue weighted by molar-refractivity contribution is 7.09. The Morgan fingerprint density at radius 2 is 2.18 bits per heavy atom. The van der Waals surface area contributed by atoms with Crippen molar-refractivity contribution in [1.29, 1.82) is 0 Å². The summed E-state index contributed by atoms with van der Waals surface area (Å²) in [7, 11) is 1.54. The van der Waals surface area contributed by atoms with Gasteiger partial charge in [-0.1, -0.05) is 0 Å². The van der Waals surface area contributed by atoms with Crippen LogP contribution in [0.4, 0.5) is 8.78 Å². The van der Waals surface area contributed by atoms with E-state index in [4.69, 9.17) is 5.73 Å². The minimum atomic E-state index is -0.608. The summed E-state index contributed by atoms with van der Waals surface area (Å²) in [6.45, 7) is 2.10. The van der Waals surface area contributed by atoms with Crippen molar-refractivity contribution in [3.05, 3.63) is 51.5 Å². The fourth-order valence-corrected chi connectivity index (χ4v) is 2.84. The van der Waals surface area contributed by atoms with Crippen LogP contribution in [0.3, 0.4) is 0 Å². The molecule has 0 aliphatic heterocycles. The molecule has 1 aromatic heterocycles. The van der Waals surface area contributed by atoms with E-state index in [1.54, 1.807) is 19.4 Å². The van der Waals surface area contributed by atoms with Gasteiger partial charge in [0.05, 0.1) is 11.0 Å². The average molecular weight is 325 g/mol. The first-order valence-corrected chi connectivity index (χ1v) is 7.68. The zero-order chi connectivity index (χ0) is 16.3. The minimum absolute atomic E-state index is 0.133. The smallest absolute Gasteiger partial charge is 0.273 e. The van der Waals surface area contributed by atoms with E-state index in [0.29, 0.717) is 18.7 Å². The van der Waals surface area contributed by atoms with E-state index in [1.165, 1.54) is 16.2 Å². The van der Waals surface area contributed by atoms with Crippen molar-refractivity contribution < 1.29 is 13.6 Å². The van der Waals surface area contributed by atoms with E-state index in [-0.39, 0.29) is 11.5 Å². The highest BCUT2D eigenvalue weighted by atomic mass is 32.1. The fraction of sp³-hybridized carbons (Fsp3) is 0.333. The molecule has 2 N–H and O–H groups in total. The molecule has 4 nitrogen and oxygen atoms in total. The molecule has 1 heterocycles. The van der Waals surface area contributed by atoms with Crippen LogP contribution in [-0.2, 0) is 6.42 Å². The molecule has 1 atom stereocenters. The van der Waals surface area contributed by atoms with Crippen LogP contribution < -0.4 is 5.73 Å². The maximum absolute atomic E-state index is 13.8. The van der Waals surface area contributed by atoms with Crippen LogP contribution in [-0.4, -0.2) is 29.4 Å². The van der Waals surface area contributed by atoms with Crippen LogP contribution in [0.2, 0.25) is 0 Å². The van der Waals surface area contributed by atoms with E-state index < -0.39 is 17.7 Å². The van der Waals surface area contributed by atoms with Gasteiger partial charge in [-0.05, 0) is 31.7 Å². The third-order valence-corrected chi connectivity index (χ3v) is 4.35. The fourth-order valence-electron chi connectivity index (χ4n) is 2.05.